The molecule has 118 valence electrons. The van der Waals surface area contributed by atoms with Crippen LogP contribution in [0.5, 0.6) is 17.2 Å². The van der Waals surface area contributed by atoms with E-state index in [0.717, 1.165) is 15.7 Å². The average molecular weight is 376 g/mol. The monoisotopic (exact) mass is 375 g/mol. The minimum absolute atomic E-state index is 0.0349. The number of anilines is 1. The molecule has 2 aromatic carbocycles. The number of carbonyl (C=O) groups excluding carboxylic acids is 1. The molecule has 0 bridgehead atoms. The van der Waals surface area contributed by atoms with Crippen molar-refractivity contribution in [2.45, 2.75) is 5.92 Å². The first-order valence-electron chi connectivity index (χ1n) is 7.23. The molecule has 2 heterocycles. The second-order valence-electron chi connectivity index (χ2n) is 5.45. The van der Waals surface area contributed by atoms with Crippen molar-refractivity contribution in [3.8, 4) is 17.2 Å². The zero-order chi connectivity index (χ0) is 16.0. The lowest BCUT2D eigenvalue weighted by Crippen LogP contribution is -2.26. The molecule has 5 nitrogen and oxygen atoms in total. The topological polar surface area (TPSA) is 48.0 Å². The molecule has 1 atom stereocenters. The molecule has 0 spiro atoms. The van der Waals surface area contributed by atoms with Crippen molar-refractivity contribution in [1.82, 2.24) is 0 Å². The zero-order valence-corrected chi connectivity index (χ0v) is 14.0. The van der Waals surface area contributed by atoms with E-state index in [1.807, 2.05) is 30.3 Å². The van der Waals surface area contributed by atoms with E-state index in [0.29, 0.717) is 17.2 Å². The fourth-order valence-corrected chi connectivity index (χ4v) is 3.57. The minimum atomic E-state index is -0.323. The summed E-state index contributed by atoms with van der Waals surface area (Å²) in [5.74, 6) is 1.75. The van der Waals surface area contributed by atoms with Crippen LogP contribution in [-0.4, -0.2) is 26.4 Å². The summed E-state index contributed by atoms with van der Waals surface area (Å²) in [6.45, 7) is 0.503. The number of amides is 1. The number of likely N-dealkylation sites (N-methyl/N-ethyl adjacent to an activating group) is 1. The van der Waals surface area contributed by atoms with E-state index in [1.165, 1.54) is 0 Å². The molecule has 6 heteroatoms. The first-order chi connectivity index (χ1) is 11.1. The van der Waals surface area contributed by atoms with Crippen LogP contribution in [0.25, 0.3) is 0 Å². The van der Waals surface area contributed by atoms with Crippen LogP contribution < -0.4 is 19.1 Å². The molecule has 4 rings (SSSR count). The van der Waals surface area contributed by atoms with Crippen LogP contribution in [0, 0.1) is 0 Å². The number of carbonyl (C=O) groups is 1. The molecular formula is C17H14BrNO4. The minimum Gasteiger partial charge on any atom is -0.492 e. The Morgan fingerprint density at radius 2 is 2.09 bits per heavy atom. The molecule has 0 N–H and O–H groups in total. The number of fused-ring (bicyclic) bond motifs is 2. The van der Waals surface area contributed by atoms with Gasteiger partial charge in [-0.1, -0.05) is 22.0 Å². The highest BCUT2D eigenvalue weighted by Gasteiger charge is 2.37. The summed E-state index contributed by atoms with van der Waals surface area (Å²) in [4.78, 5) is 14.2. The normalized spacial score (nSPS) is 18.3. The van der Waals surface area contributed by atoms with Crippen LogP contribution in [0.3, 0.4) is 0 Å². The molecule has 0 aromatic heterocycles. The van der Waals surface area contributed by atoms with Crippen molar-refractivity contribution >= 4 is 27.5 Å². The highest BCUT2D eigenvalue weighted by molar-refractivity contribution is 9.10. The third-order valence-electron chi connectivity index (χ3n) is 4.13. The lowest BCUT2D eigenvalue weighted by molar-refractivity contribution is -0.119. The largest absolute Gasteiger partial charge is 0.492 e. The Hall–Kier alpha value is -2.21. The van der Waals surface area contributed by atoms with E-state index >= 15 is 0 Å². The number of hydrogen-bond acceptors (Lipinski definition) is 4. The molecule has 0 saturated heterocycles. The van der Waals surface area contributed by atoms with Crippen molar-refractivity contribution in [2.24, 2.45) is 0 Å². The first kappa shape index (κ1) is 14.4. The molecule has 0 fully saturated rings. The van der Waals surface area contributed by atoms with Crippen molar-refractivity contribution < 1.29 is 19.0 Å². The number of nitrogens with zero attached hydrogens (tertiary/aromatic N) is 1. The van der Waals surface area contributed by atoms with Crippen molar-refractivity contribution in [3.63, 3.8) is 0 Å². The SMILES string of the molecule is CN1C(=O)C(COc2ccc3c(c2)OCO3)c2c(Br)cccc21. The number of benzene rings is 2. The van der Waals surface area contributed by atoms with Gasteiger partial charge in [-0.3, -0.25) is 4.79 Å². The maximum absolute atomic E-state index is 12.5. The van der Waals surface area contributed by atoms with Crippen molar-refractivity contribution in [2.75, 3.05) is 25.3 Å². The van der Waals surface area contributed by atoms with Crippen LogP contribution >= 0.6 is 15.9 Å². The van der Waals surface area contributed by atoms with Gasteiger partial charge in [-0.15, -0.1) is 0 Å². The molecule has 2 aliphatic heterocycles. The third-order valence-corrected chi connectivity index (χ3v) is 4.82. The lowest BCUT2D eigenvalue weighted by Gasteiger charge is -2.13. The van der Waals surface area contributed by atoms with Crippen molar-refractivity contribution in [1.29, 1.82) is 0 Å². The van der Waals surface area contributed by atoms with Gasteiger partial charge in [-0.2, -0.15) is 0 Å². The van der Waals surface area contributed by atoms with E-state index < -0.39 is 0 Å². The summed E-state index contributed by atoms with van der Waals surface area (Å²) < 4.78 is 17.4. The molecular weight excluding hydrogens is 362 g/mol. The summed E-state index contributed by atoms with van der Waals surface area (Å²) in [6.07, 6.45) is 0. The van der Waals surface area contributed by atoms with Gasteiger partial charge in [0.2, 0.25) is 12.7 Å². The Labute approximate surface area is 141 Å². The van der Waals surface area contributed by atoms with Gasteiger partial charge in [0.1, 0.15) is 18.3 Å². The first-order valence-corrected chi connectivity index (χ1v) is 8.03. The van der Waals surface area contributed by atoms with Gasteiger partial charge in [-0.05, 0) is 24.3 Å². The molecule has 0 radical (unpaired) electrons. The van der Waals surface area contributed by atoms with Gasteiger partial charge >= 0.3 is 0 Å². The van der Waals surface area contributed by atoms with Gasteiger partial charge in [0.05, 0.1) is 0 Å². The van der Waals surface area contributed by atoms with Crippen LogP contribution in [-0.2, 0) is 4.79 Å². The molecule has 1 amide bonds. The van der Waals surface area contributed by atoms with Gasteiger partial charge in [-0.25, -0.2) is 0 Å². The Balaban J connectivity index is 1.57. The van der Waals surface area contributed by atoms with Crippen LogP contribution in [0.15, 0.2) is 40.9 Å². The summed E-state index contributed by atoms with van der Waals surface area (Å²) in [6, 6.07) is 11.2. The number of rotatable bonds is 3. The van der Waals surface area contributed by atoms with Gasteiger partial charge in [0.15, 0.2) is 11.5 Å². The van der Waals surface area contributed by atoms with Crippen LogP contribution in [0.2, 0.25) is 0 Å². The van der Waals surface area contributed by atoms with Gasteiger partial charge in [0.25, 0.3) is 0 Å². The van der Waals surface area contributed by atoms with Gasteiger partial charge in [0, 0.05) is 28.8 Å². The summed E-state index contributed by atoms with van der Waals surface area (Å²) in [5.41, 5.74) is 1.89. The zero-order valence-electron chi connectivity index (χ0n) is 12.4. The third kappa shape index (κ3) is 2.34. The quantitative estimate of drug-likeness (QED) is 0.825. The smallest absolute Gasteiger partial charge is 0.237 e. The molecule has 0 aliphatic carbocycles. The molecule has 2 aliphatic rings. The number of hydrogen-bond donors (Lipinski definition) is 0. The summed E-state index contributed by atoms with van der Waals surface area (Å²) in [7, 11) is 1.79. The number of ether oxygens (including phenoxy) is 3. The van der Waals surface area contributed by atoms with Gasteiger partial charge < -0.3 is 19.1 Å². The van der Waals surface area contributed by atoms with E-state index in [-0.39, 0.29) is 25.2 Å². The van der Waals surface area contributed by atoms with E-state index in [4.69, 9.17) is 14.2 Å². The highest BCUT2D eigenvalue weighted by Crippen LogP contribution is 2.41. The maximum atomic E-state index is 12.5. The molecule has 1 unspecified atom stereocenters. The second-order valence-corrected chi connectivity index (χ2v) is 6.30. The predicted octanol–water partition coefficient (Wildman–Crippen LogP) is 3.32. The Kier molecular flexibility index (Phi) is 3.41. The highest BCUT2D eigenvalue weighted by atomic mass is 79.9. The average Bonchev–Trinajstić information content (AvgIpc) is 3.11. The second kappa shape index (κ2) is 5.45. The standard InChI is InChI=1S/C17H14BrNO4/c1-19-13-4-2-3-12(18)16(13)11(17(19)20)8-21-10-5-6-14-15(7-10)23-9-22-14/h2-7,11H,8-9H2,1H3. The number of halogens is 1. The maximum Gasteiger partial charge on any atom is 0.237 e. The molecule has 0 saturated carbocycles. The lowest BCUT2D eigenvalue weighted by atomic mass is 10.0. The van der Waals surface area contributed by atoms with E-state index in [1.54, 1.807) is 18.0 Å². The van der Waals surface area contributed by atoms with E-state index in [9.17, 15) is 4.79 Å². The van der Waals surface area contributed by atoms with Crippen LogP contribution in [0.1, 0.15) is 11.5 Å². The van der Waals surface area contributed by atoms with Crippen LogP contribution in [0.4, 0.5) is 5.69 Å². The fourth-order valence-electron chi connectivity index (χ4n) is 2.94. The molecule has 23 heavy (non-hydrogen) atoms. The molecule has 2 aromatic rings. The van der Waals surface area contributed by atoms with E-state index in [2.05, 4.69) is 15.9 Å². The van der Waals surface area contributed by atoms with Crippen molar-refractivity contribution in [3.05, 3.63) is 46.4 Å². The summed E-state index contributed by atoms with van der Waals surface area (Å²) in [5, 5.41) is 0. The Morgan fingerprint density at radius 3 is 2.96 bits per heavy atom. The Bertz CT molecular complexity index is 792. The fraction of sp³-hybridized carbons (Fsp3) is 0.235. The summed E-state index contributed by atoms with van der Waals surface area (Å²) >= 11 is 3.54. The predicted molar refractivity (Wildman–Crippen MR) is 88.4 cm³/mol. The Morgan fingerprint density at radius 1 is 1.26 bits per heavy atom.